The predicted octanol–water partition coefficient (Wildman–Crippen LogP) is 23.6. The Morgan fingerprint density at radius 1 is 0.250 bits per heavy atom. The molecule has 0 aliphatic heterocycles. The van der Waals surface area contributed by atoms with Crippen molar-refractivity contribution in [1.82, 2.24) is 0 Å². The highest BCUT2D eigenvalue weighted by atomic mass is 16.6. The van der Waals surface area contributed by atoms with Gasteiger partial charge in [0.25, 0.3) is 0 Å². The molecule has 0 radical (unpaired) electrons. The van der Waals surface area contributed by atoms with Crippen LogP contribution in [0.1, 0.15) is 400 Å². The van der Waals surface area contributed by atoms with Crippen molar-refractivity contribution < 1.29 is 28.6 Å². The summed E-state index contributed by atoms with van der Waals surface area (Å²) in [5.74, 6) is -0.847. The lowest BCUT2D eigenvalue weighted by molar-refractivity contribution is -0.167. The number of unbranched alkanes of at least 4 members (excludes halogenated alkanes) is 52. The number of hydrogen-bond donors (Lipinski definition) is 0. The third-order valence-electron chi connectivity index (χ3n) is 16.0. The van der Waals surface area contributed by atoms with Gasteiger partial charge >= 0.3 is 17.9 Å². The van der Waals surface area contributed by atoms with Crippen molar-refractivity contribution in [1.29, 1.82) is 0 Å². The molecule has 0 N–H and O–H groups in total. The number of carbonyl (C=O) groups is 3. The fraction of sp³-hybridized carbons (Fsp3) is 0.929. The molecule has 0 saturated heterocycles. The smallest absolute Gasteiger partial charge is 0.306 e. The molecule has 0 aromatic heterocycles. The van der Waals surface area contributed by atoms with Gasteiger partial charge in [0.05, 0.1) is 0 Å². The molecule has 76 heavy (non-hydrogen) atoms. The van der Waals surface area contributed by atoms with E-state index in [0.717, 1.165) is 64.2 Å². The van der Waals surface area contributed by atoms with Crippen molar-refractivity contribution in [2.75, 3.05) is 13.2 Å². The highest BCUT2D eigenvalue weighted by molar-refractivity contribution is 5.71. The standard InChI is InChI=1S/C70H134O6/c1-4-7-10-13-16-19-22-25-27-28-29-30-31-32-33-34-35-36-37-38-39-40-41-42-43-44-46-48-51-54-57-60-63-69(72)75-66-67(65-74-68(71)62-59-56-53-50-47-24-21-18-15-12-9-6-3)76-70(73)64-61-58-55-52-49-45-26-23-20-17-14-11-8-5-2/h23,26,67H,4-22,24-25,27-66H2,1-3H3/b26-23-. The molecule has 1 unspecified atom stereocenters. The molecule has 6 nitrogen and oxygen atoms in total. The van der Waals surface area contributed by atoms with Gasteiger partial charge in [-0.15, -0.1) is 0 Å². The van der Waals surface area contributed by atoms with E-state index in [1.54, 1.807) is 0 Å². The van der Waals surface area contributed by atoms with Crippen molar-refractivity contribution in [3.8, 4) is 0 Å². The van der Waals surface area contributed by atoms with Crippen LogP contribution in [0.15, 0.2) is 12.2 Å². The molecule has 0 bridgehead atoms. The summed E-state index contributed by atoms with van der Waals surface area (Å²) in [6.07, 6.45) is 78.3. The van der Waals surface area contributed by atoms with Crippen LogP contribution in [0.5, 0.6) is 0 Å². The summed E-state index contributed by atoms with van der Waals surface area (Å²) in [5, 5.41) is 0. The normalized spacial score (nSPS) is 12.0. The summed E-state index contributed by atoms with van der Waals surface area (Å²) < 4.78 is 16.9. The second kappa shape index (κ2) is 65.7. The number of esters is 3. The molecule has 0 amide bonds. The van der Waals surface area contributed by atoms with E-state index in [2.05, 4.69) is 32.9 Å². The monoisotopic (exact) mass is 1070 g/mol. The fourth-order valence-electron chi connectivity index (χ4n) is 10.8. The van der Waals surface area contributed by atoms with E-state index in [4.69, 9.17) is 14.2 Å². The first-order valence-corrected chi connectivity index (χ1v) is 34.7. The topological polar surface area (TPSA) is 78.9 Å². The van der Waals surface area contributed by atoms with Crippen LogP contribution in [0.4, 0.5) is 0 Å². The SMILES string of the molecule is CCCCCCC/C=C\CCCCCCCC(=O)OC(COC(=O)CCCCCCCCCCCCCC)COC(=O)CCCCCCCCCCCCCCCCCCCCCCCCCCCCCCCCCC. The van der Waals surface area contributed by atoms with E-state index in [9.17, 15) is 14.4 Å². The summed E-state index contributed by atoms with van der Waals surface area (Å²) in [5.41, 5.74) is 0. The molecule has 0 aromatic rings. The van der Waals surface area contributed by atoms with Gasteiger partial charge in [-0.25, -0.2) is 0 Å². The fourth-order valence-corrected chi connectivity index (χ4v) is 10.8. The van der Waals surface area contributed by atoms with Gasteiger partial charge in [-0.3, -0.25) is 14.4 Å². The van der Waals surface area contributed by atoms with Crippen LogP contribution in [0, 0.1) is 0 Å². The molecule has 450 valence electrons. The van der Waals surface area contributed by atoms with Gasteiger partial charge in [0, 0.05) is 19.3 Å². The minimum atomic E-state index is -0.769. The van der Waals surface area contributed by atoms with E-state index < -0.39 is 6.10 Å². The Bertz CT molecular complexity index is 1180. The van der Waals surface area contributed by atoms with Crippen molar-refractivity contribution in [3.63, 3.8) is 0 Å². The summed E-state index contributed by atoms with van der Waals surface area (Å²) in [6, 6.07) is 0. The summed E-state index contributed by atoms with van der Waals surface area (Å²) in [4.78, 5) is 38.2. The van der Waals surface area contributed by atoms with Crippen LogP contribution in [0.3, 0.4) is 0 Å². The molecule has 0 saturated carbocycles. The van der Waals surface area contributed by atoms with E-state index in [-0.39, 0.29) is 31.1 Å². The average molecular weight is 1070 g/mol. The zero-order valence-electron chi connectivity index (χ0n) is 51.8. The van der Waals surface area contributed by atoms with E-state index in [0.29, 0.717) is 19.3 Å². The lowest BCUT2D eigenvalue weighted by Gasteiger charge is -2.18. The zero-order valence-corrected chi connectivity index (χ0v) is 51.8. The first-order chi connectivity index (χ1) is 37.5. The molecule has 0 aromatic carbocycles. The number of ether oxygens (including phenoxy) is 3. The molecule has 0 heterocycles. The second-order valence-corrected chi connectivity index (χ2v) is 23.8. The van der Waals surface area contributed by atoms with Crippen LogP contribution in [-0.2, 0) is 28.6 Å². The van der Waals surface area contributed by atoms with Crippen LogP contribution < -0.4 is 0 Å². The number of allylic oxidation sites excluding steroid dienone is 2. The molecule has 0 rings (SSSR count). The number of carbonyl (C=O) groups excluding carboxylic acids is 3. The van der Waals surface area contributed by atoms with Gasteiger partial charge < -0.3 is 14.2 Å². The van der Waals surface area contributed by atoms with Crippen molar-refractivity contribution in [3.05, 3.63) is 12.2 Å². The molecule has 1 atom stereocenters. The number of rotatable bonds is 65. The molecule has 0 fully saturated rings. The highest BCUT2D eigenvalue weighted by Gasteiger charge is 2.19. The third kappa shape index (κ3) is 63.0. The largest absolute Gasteiger partial charge is 0.462 e. The van der Waals surface area contributed by atoms with E-state index >= 15 is 0 Å². The van der Waals surface area contributed by atoms with E-state index in [1.807, 2.05) is 0 Å². The molecular weight excluding hydrogens is 937 g/mol. The third-order valence-corrected chi connectivity index (χ3v) is 16.0. The first kappa shape index (κ1) is 74.2. The van der Waals surface area contributed by atoms with Gasteiger partial charge in [0.15, 0.2) is 6.10 Å². The minimum absolute atomic E-state index is 0.0671. The Kier molecular flexibility index (Phi) is 64.1. The molecular formula is C70H134O6. The van der Waals surface area contributed by atoms with Gasteiger partial charge in [-0.05, 0) is 44.9 Å². The maximum Gasteiger partial charge on any atom is 0.306 e. The zero-order chi connectivity index (χ0) is 55.0. The lowest BCUT2D eigenvalue weighted by Crippen LogP contribution is -2.30. The van der Waals surface area contributed by atoms with Crippen molar-refractivity contribution in [2.24, 2.45) is 0 Å². The Labute approximate surface area is 475 Å². The quantitative estimate of drug-likeness (QED) is 0.0261. The first-order valence-electron chi connectivity index (χ1n) is 34.7. The van der Waals surface area contributed by atoms with Crippen LogP contribution in [-0.4, -0.2) is 37.2 Å². The second-order valence-electron chi connectivity index (χ2n) is 23.8. The maximum atomic E-state index is 12.9. The maximum absolute atomic E-state index is 12.9. The molecule has 0 aliphatic rings. The average Bonchev–Trinajstić information content (AvgIpc) is 3.42. The Hall–Kier alpha value is -1.85. The highest BCUT2D eigenvalue weighted by Crippen LogP contribution is 2.19. The molecule has 0 spiro atoms. The van der Waals surface area contributed by atoms with Gasteiger partial charge in [0.1, 0.15) is 13.2 Å². The Morgan fingerprint density at radius 3 is 0.658 bits per heavy atom. The van der Waals surface area contributed by atoms with Crippen molar-refractivity contribution >= 4 is 17.9 Å². The Morgan fingerprint density at radius 2 is 0.434 bits per heavy atom. The van der Waals surface area contributed by atoms with Gasteiger partial charge in [-0.2, -0.15) is 0 Å². The van der Waals surface area contributed by atoms with Crippen LogP contribution >= 0.6 is 0 Å². The summed E-state index contributed by atoms with van der Waals surface area (Å²) >= 11 is 0. The molecule has 6 heteroatoms. The van der Waals surface area contributed by atoms with Gasteiger partial charge in [-0.1, -0.05) is 348 Å². The van der Waals surface area contributed by atoms with Crippen LogP contribution in [0.25, 0.3) is 0 Å². The van der Waals surface area contributed by atoms with Crippen molar-refractivity contribution in [2.45, 2.75) is 406 Å². The molecule has 0 aliphatic carbocycles. The summed E-state index contributed by atoms with van der Waals surface area (Å²) in [6.45, 7) is 6.69. The van der Waals surface area contributed by atoms with E-state index in [1.165, 1.54) is 295 Å². The minimum Gasteiger partial charge on any atom is -0.462 e. The van der Waals surface area contributed by atoms with Crippen LogP contribution in [0.2, 0.25) is 0 Å². The lowest BCUT2D eigenvalue weighted by atomic mass is 10.0. The number of hydrogen-bond acceptors (Lipinski definition) is 6. The summed E-state index contributed by atoms with van der Waals surface area (Å²) in [7, 11) is 0. The Balaban J connectivity index is 4.04. The van der Waals surface area contributed by atoms with Gasteiger partial charge in [0.2, 0.25) is 0 Å². The predicted molar refractivity (Wildman–Crippen MR) is 330 cm³/mol.